The fourth-order valence-corrected chi connectivity index (χ4v) is 1.66. The molecule has 0 heterocycles. The van der Waals surface area contributed by atoms with Crippen LogP contribution >= 0.6 is 0 Å². The Labute approximate surface area is 108 Å². The van der Waals surface area contributed by atoms with E-state index in [4.69, 9.17) is 5.11 Å². The fraction of sp³-hybridized carbons (Fsp3) is 0.500. The molecule has 0 aliphatic heterocycles. The molecular weight excluding hydrogens is 228 g/mol. The molecule has 0 aromatic heterocycles. The number of hydrogen-bond acceptors (Lipinski definition) is 2. The molecule has 2 atom stereocenters. The molecule has 0 saturated carbocycles. The molecule has 0 saturated heterocycles. The van der Waals surface area contributed by atoms with Crippen LogP contribution in [0.5, 0.6) is 0 Å². The lowest BCUT2D eigenvalue weighted by atomic mass is 9.99. The Bertz CT molecular complexity index is 393. The molecule has 1 rings (SSSR count). The van der Waals surface area contributed by atoms with E-state index in [0.29, 0.717) is 6.54 Å². The number of urea groups is 1. The average molecular weight is 250 g/mol. The van der Waals surface area contributed by atoms with Gasteiger partial charge in [0.05, 0.1) is 12.6 Å². The Morgan fingerprint density at radius 1 is 1.39 bits per heavy atom. The summed E-state index contributed by atoms with van der Waals surface area (Å²) in [5.41, 5.74) is 2.43. The molecule has 3 N–H and O–H groups in total. The molecule has 2 amide bonds. The summed E-state index contributed by atoms with van der Waals surface area (Å²) in [5, 5.41) is 14.3. The maximum Gasteiger partial charge on any atom is 0.315 e. The van der Waals surface area contributed by atoms with Crippen LogP contribution in [0.3, 0.4) is 0 Å². The van der Waals surface area contributed by atoms with E-state index in [0.717, 1.165) is 0 Å². The predicted molar refractivity (Wildman–Crippen MR) is 72.7 cm³/mol. The molecule has 4 heteroatoms. The minimum Gasteiger partial charge on any atom is -0.394 e. The molecule has 100 valence electrons. The van der Waals surface area contributed by atoms with Crippen LogP contribution in [0.15, 0.2) is 24.3 Å². The summed E-state index contributed by atoms with van der Waals surface area (Å²) in [7, 11) is 0. The summed E-state index contributed by atoms with van der Waals surface area (Å²) in [6, 6.07) is 7.80. The highest BCUT2D eigenvalue weighted by Crippen LogP contribution is 2.15. The molecule has 4 nitrogen and oxygen atoms in total. The smallest absolute Gasteiger partial charge is 0.315 e. The van der Waals surface area contributed by atoms with E-state index in [1.807, 2.05) is 6.07 Å². The number of aliphatic hydroxyl groups is 1. The van der Waals surface area contributed by atoms with E-state index in [1.54, 1.807) is 6.92 Å². The number of carbonyl (C=O) groups excluding carboxylic acids is 1. The maximum absolute atomic E-state index is 11.5. The van der Waals surface area contributed by atoms with Gasteiger partial charge in [0, 0.05) is 6.54 Å². The highest BCUT2D eigenvalue weighted by atomic mass is 16.3. The van der Waals surface area contributed by atoms with Gasteiger partial charge in [-0.25, -0.2) is 4.79 Å². The van der Waals surface area contributed by atoms with Crippen LogP contribution < -0.4 is 10.6 Å². The quantitative estimate of drug-likeness (QED) is 0.746. The third-order valence-electron chi connectivity index (χ3n) is 2.83. The van der Waals surface area contributed by atoms with Gasteiger partial charge in [-0.2, -0.15) is 0 Å². The van der Waals surface area contributed by atoms with Crippen molar-refractivity contribution < 1.29 is 9.90 Å². The number of aryl methyl sites for hydroxylation is 1. The summed E-state index contributed by atoms with van der Waals surface area (Å²) in [4.78, 5) is 11.5. The van der Waals surface area contributed by atoms with Gasteiger partial charge >= 0.3 is 6.03 Å². The van der Waals surface area contributed by atoms with Crippen LogP contribution in [-0.4, -0.2) is 30.3 Å². The first-order chi connectivity index (χ1) is 8.52. The third-order valence-corrected chi connectivity index (χ3v) is 2.83. The summed E-state index contributed by atoms with van der Waals surface area (Å²) >= 11 is 0. The van der Waals surface area contributed by atoms with Gasteiger partial charge in [0.1, 0.15) is 0 Å². The summed E-state index contributed by atoms with van der Waals surface area (Å²) in [6.45, 7) is 6.40. The number of benzene rings is 1. The van der Waals surface area contributed by atoms with Crippen molar-refractivity contribution in [3.8, 4) is 0 Å². The zero-order valence-corrected chi connectivity index (χ0v) is 11.2. The second kappa shape index (κ2) is 7.01. The van der Waals surface area contributed by atoms with Crippen molar-refractivity contribution in [3.63, 3.8) is 0 Å². The van der Waals surface area contributed by atoms with Crippen LogP contribution in [0.4, 0.5) is 4.79 Å². The second-order valence-electron chi connectivity index (χ2n) is 4.75. The van der Waals surface area contributed by atoms with Crippen molar-refractivity contribution in [3.05, 3.63) is 35.4 Å². The lowest BCUT2D eigenvalue weighted by Gasteiger charge is -2.16. The summed E-state index contributed by atoms with van der Waals surface area (Å²) in [5.74, 6) is 0.264. The van der Waals surface area contributed by atoms with Crippen molar-refractivity contribution in [2.24, 2.45) is 0 Å². The first-order valence-electron chi connectivity index (χ1n) is 6.24. The van der Waals surface area contributed by atoms with Gasteiger partial charge in [-0.1, -0.05) is 36.8 Å². The molecule has 1 aromatic carbocycles. The Morgan fingerprint density at radius 2 is 2.11 bits per heavy atom. The molecule has 18 heavy (non-hydrogen) atoms. The predicted octanol–water partition coefficient (Wildman–Crippen LogP) is 1.78. The molecule has 2 unspecified atom stereocenters. The summed E-state index contributed by atoms with van der Waals surface area (Å²) in [6.07, 6.45) is 0. The Hall–Kier alpha value is -1.55. The highest BCUT2D eigenvalue weighted by Gasteiger charge is 2.09. The lowest BCUT2D eigenvalue weighted by molar-refractivity contribution is 0.220. The number of nitrogens with one attached hydrogen (secondary N) is 2. The van der Waals surface area contributed by atoms with Crippen molar-refractivity contribution in [2.45, 2.75) is 32.7 Å². The second-order valence-corrected chi connectivity index (χ2v) is 4.75. The zero-order chi connectivity index (χ0) is 13.5. The van der Waals surface area contributed by atoms with E-state index in [1.165, 1.54) is 11.1 Å². The van der Waals surface area contributed by atoms with E-state index >= 15 is 0 Å². The standard InChI is InChI=1S/C14H22N2O2/c1-10-5-4-6-13(7-10)11(2)8-15-14(18)16-12(3)9-17/h4-7,11-12,17H,8-9H2,1-3H3,(H2,15,16,18). The van der Waals surface area contributed by atoms with Gasteiger partial charge in [-0.3, -0.25) is 0 Å². The van der Waals surface area contributed by atoms with E-state index in [9.17, 15) is 4.79 Å². The topological polar surface area (TPSA) is 61.4 Å². The van der Waals surface area contributed by atoms with Crippen molar-refractivity contribution in [2.75, 3.05) is 13.2 Å². The Kier molecular flexibility index (Phi) is 5.65. The first kappa shape index (κ1) is 14.5. The summed E-state index contributed by atoms with van der Waals surface area (Å²) < 4.78 is 0. The largest absolute Gasteiger partial charge is 0.394 e. The van der Waals surface area contributed by atoms with Crippen LogP contribution in [0, 0.1) is 6.92 Å². The Morgan fingerprint density at radius 3 is 2.72 bits per heavy atom. The number of hydrogen-bond donors (Lipinski definition) is 3. The van der Waals surface area contributed by atoms with E-state index in [-0.39, 0.29) is 24.6 Å². The number of rotatable bonds is 5. The Balaban J connectivity index is 2.41. The fourth-order valence-electron chi connectivity index (χ4n) is 1.66. The molecule has 0 aliphatic carbocycles. The van der Waals surface area contributed by atoms with Crippen LogP contribution in [0.25, 0.3) is 0 Å². The molecule has 0 radical (unpaired) electrons. The van der Waals surface area contributed by atoms with Crippen molar-refractivity contribution in [1.29, 1.82) is 0 Å². The van der Waals surface area contributed by atoms with Crippen LogP contribution in [0.1, 0.15) is 30.9 Å². The number of amides is 2. The number of carbonyl (C=O) groups is 1. The van der Waals surface area contributed by atoms with Gasteiger partial charge < -0.3 is 15.7 Å². The lowest BCUT2D eigenvalue weighted by Crippen LogP contribution is -2.43. The van der Waals surface area contributed by atoms with Gasteiger partial charge in [-0.15, -0.1) is 0 Å². The monoisotopic (exact) mass is 250 g/mol. The minimum absolute atomic E-state index is 0.0547. The van der Waals surface area contributed by atoms with Crippen LogP contribution in [0.2, 0.25) is 0 Å². The first-order valence-corrected chi connectivity index (χ1v) is 6.24. The minimum atomic E-state index is -0.240. The van der Waals surface area contributed by atoms with Gasteiger partial charge in [0.15, 0.2) is 0 Å². The van der Waals surface area contributed by atoms with E-state index < -0.39 is 0 Å². The van der Waals surface area contributed by atoms with Gasteiger partial charge in [-0.05, 0) is 25.3 Å². The highest BCUT2D eigenvalue weighted by molar-refractivity contribution is 5.74. The molecule has 0 fully saturated rings. The van der Waals surface area contributed by atoms with Gasteiger partial charge in [0.25, 0.3) is 0 Å². The van der Waals surface area contributed by atoms with Crippen LogP contribution in [-0.2, 0) is 0 Å². The molecular formula is C14H22N2O2. The maximum atomic E-state index is 11.5. The average Bonchev–Trinajstić information content (AvgIpc) is 2.35. The van der Waals surface area contributed by atoms with Gasteiger partial charge in [0.2, 0.25) is 0 Å². The molecule has 0 spiro atoms. The molecule has 1 aromatic rings. The normalized spacial score (nSPS) is 13.8. The molecule has 0 bridgehead atoms. The zero-order valence-electron chi connectivity index (χ0n) is 11.2. The van der Waals surface area contributed by atoms with Crippen molar-refractivity contribution in [1.82, 2.24) is 10.6 Å². The SMILES string of the molecule is Cc1cccc(C(C)CNC(=O)NC(C)CO)c1. The van der Waals surface area contributed by atoms with E-state index in [2.05, 4.69) is 42.7 Å². The third kappa shape index (κ3) is 4.75. The number of aliphatic hydroxyl groups excluding tert-OH is 1. The van der Waals surface area contributed by atoms with Crippen molar-refractivity contribution >= 4 is 6.03 Å². The molecule has 0 aliphatic rings.